The van der Waals surface area contributed by atoms with Gasteiger partial charge < -0.3 is 4.90 Å². The molecule has 1 fully saturated rings. The Balaban J connectivity index is 1.96. The van der Waals surface area contributed by atoms with E-state index in [-0.39, 0.29) is 0 Å². The monoisotopic (exact) mass is 296 g/mol. The number of likely N-dealkylation sites (N-methyl/N-ethyl adjacent to an activating group) is 1. The summed E-state index contributed by atoms with van der Waals surface area (Å²) in [6.45, 7) is 10.5. The Hall–Kier alpha value is -0.380. The first-order valence-electron chi connectivity index (χ1n) is 6.42. The molecule has 1 aliphatic heterocycles. The van der Waals surface area contributed by atoms with Gasteiger partial charge in [0.1, 0.15) is 0 Å². The van der Waals surface area contributed by atoms with Gasteiger partial charge in [-0.05, 0) is 31.2 Å². The van der Waals surface area contributed by atoms with Crippen LogP contribution < -0.4 is 0 Å². The number of rotatable bonds is 3. The van der Waals surface area contributed by atoms with Crippen molar-refractivity contribution in [2.24, 2.45) is 0 Å². The molecule has 0 saturated carbocycles. The van der Waals surface area contributed by atoms with Crippen LogP contribution in [0.3, 0.4) is 0 Å². The van der Waals surface area contributed by atoms with E-state index in [1.165, 1.54) is 38.3 Å². The molecular weight excluding hydrogens is 276 g/mol. The van der Waals surface area contributed by atoms with Crippen molar-refractivity contribution in [2.45, 2.75) is 19.9 Å². The first-order valence-corrected chi connectivity index (χ1v) is 7.22. The van der Waals surface area contributed by atoms with Crippen LogP contribution in [-0.2, 0) is 0 Å². The van der Waals surface area contributed by atoms with Gasteiger partial charge in [0.2, 0.25) is 0 Å². The van der Waals surface area contributed by atoms with Crippen LogP contribution in [0.15, 0.2) is 28.7 Å². The summed E-state index contributed by atoms with van der Waals surface area (Å²) in [5.41, 5.74) is 1.41. The van der Waals surface area contributed by atoms with Gasteiger partial charge in [0.05, 0.1) is 0 Å². The van der Waals surface area contributed by atoms with Gasteiger partial charge in [0, 0.05) is 36.7 Å². The van der Waals surface area contributed by atoms with Crippen molar-refractivity contribution in [3.8, 4) is 0 Å². The van der Waals surface area contributed by atoms with Crippen LogP contribution in [0.5, 0.6) is 0 Å². The van der Waals surface area contributed by atoms with Crippen LogP contribution in [0, 0.1) is 0 Å². The van der Waals surface area contributed by atoms with Crippen LogP contribution in [0.4, 0.5) is 0 Å². The van der Waals surface area contributed by atoms with Gasteiger partial charge in [-0.25, -0.2) is 0 Å². The topological polar surface area (TPSA) is 6.48 Å². The maximum atomic E-state index is 3.49. The van der Waals surface area contributed by atoms with Gasteiger partial charge in [0.15, 0.2) is 0 Å². The maximum Gasteiger partial charge on any atom is 0.0320 e. The van der Waals surface area contributed by atoms with Gasteiger partial charge in [-0.1, -0.05) is 35.0 Å². The van der Waals surface area contributed by atoms with E-state index in [4.69, 9.17) is 0 Å². The normalized spacial score (nSPS) is 20.4. The molecule has 0 unspecified atom stereocenters. The van der Waals surface area contributed by atoms with E-state index < -0.39 is 0 Å². The zero-order valence-electron chi connectivity index (χ0n) is 10.7. The molecular formula is C14H21BrN2. The molecule has 1 saturated heterocycles. The second-order valence-electron chi connectivity index (χ2n) is 4.70. The summed E-state index contributed by atoms with van der Waals surface area (Å²) in [6.07, 6.45) is 0. The summed E-state index contributed by atoms with van der Waals surface area (Å²) >= 11 is 3.49. The summed E-state index contributed by atoms with van der Waals surface area (Å²) < 4.78 is 1.16. The summed E-state index contributed by atoms with van der Waals surface area (Å²) in [5.74, 6) is 0. The second-order valence-corrected chi connectivity index (χ2v) is 5.61. The van der Waals surface area contributed by atoms with E-state index >= 15 is 0 Å². The van der Waals surface area contributed by atoms with Crippen LogP contribution in [0.2, 0.25) is 0 Å². The second kappa shape index (κ2) is 5.98. The molecule has 3 heteroatoms. The van der Waals surface area contributed by atoms with Gasteiger partial charge in [-0.2, -0.15) is 0 Å². The maximum absolute atomic E-state index is 3.49. The average Bonchev–Trinajstić information content (AvgIpc) is 2.39. The molecule has 1 aromatic rings. The van der Waals surface area contributed by atoms with E-state index in [1.807, 2.05) is 0 Å². The minimum Gasteiger partial charge on any atom is -0.301 e. The zero-order valence-corrected chi connectivity index (χ0v) is 12.3. The number of nitrogens with zero attached hydrogens (tertiary/aromatic N) is 2. The molecule has 0 aliphatic carbocycles. The third-order valence-corrected chi connectivity index (χ3v) is 4.28. The van der Waals surface area contributed by atoms with Crippen LogP contribution in [-0.4, -0.2) is 42.5 Å². The molecule has 0 amide bonds. The molecule has 1 heterocycles. The first kappa shape index (κ1) is 13.1. The van der Waals surface area contributed by atoms with Crippen LogP contribution in [0.1, 0.15) is 25.5 Å². The predicted octanol–water partition coefficient (Wildman–Crippen LogP) is 3.15. The lowest BCUT2D eigenvalue weighted by molar-refractivity contribution is 0.106. The van der Waals surface area contributed by atoms with Gasteiger partial charge >= 0.3 is 0 Å². The van der Waals surface area contributed by atoms with E-state index in [2.05, 4.69) is 63.8 Å². The van der Waals surface area contributed by atoms with E-state index in [0.717, 1.165) is 4.47 Å². The summed E-state index contributed by atoms with van der Waals surface area (Å²) in [7, 11) is 0. The lowest BCUT2D eigenvalue weighted by atomic mass is 10.1. The summed E-state index contributed by atoms with van der Waals surface area (Å²) in [5, 5.41) is 0. The summed E-state index contributed by atoms with van der Waals surface area (Å²) in [6, 6.07) is 9.24. The first-order chi connectivity index (χ1) is 8.20. The highest BCUT2D eigenvalue weighted by Crippen LogP contribution is 2.23. The minimum absolute atomic E-state index is 0.530. The minimum atomic E-state index is 0.530. The molecule has 0 N–H and O–H groups in total. The lowest BCUT2D eigenvalue weighted by Gasteiger charge is -2.37. The van der Waals surface area contributed by atoms with Crippen LogP contribution >= 0.6 is 15.9 Å². The van der Waals surface area contributed by atoms with Gasteiger partial charge in [-0.15, -0.1) is 0 Å². The Morgan fingerprint density at radius 1 is 1.12 bits per heavy atom. The molecule has 0 radical (unpaired) electrons. The molecule has 1 aliphatic rings. The largest absolute Gasteiger partial charge is 0.301 e. The van der Waals surface area contributed by atoms with Crippen molar-refractivity contribution in [3.05, 3.63) is 34.3 Å². The fourth-order valence-electron chi connectivity index (χ4n) is 2.42. The van der Waals surface area contributed by atoms with Crippen molar-refractivity contribution in [3.63, 3.8) is 0 Å². The van der Waals surface area contributed by atoms with Crippen molar-refractivity contribution >= 4 is 15.9 Å². The van der Waals surface area contributed by atoms with E-state index in [0.29, 0.717) is 6.04 Å². The Morgan fingerprint density at radius 2 is 1.71 bits per heavy atom. The number of benzene rings is 1. The molecule has 1 aromatic carbocycles. The molecule has 2 nitrogen and oxygen atoms in total. The Morgan fingerprint density at radius 3 is 2.24 bits per heavy atom. The van der Waals surface area contributed by atoms with Crippen molar-refractivity contribution < 1.29 is 0 Å². The number of hydrogen-bond donors (Lipinski definition) is 0. The van der Waals surface area contributed by atoms with Crippen molar-refractivity contribution in [2.75, 3.05) is 32.7 Å². The third-order valence-electron chi connectivity index (χ3n) is 3.75. The number of piperazine rings is 1. The van der Waals surface area contributed by atoms with Crippen molar-refractivity contribution in [1.29, 1.82) is 0 Å². The molecule has 2 rings (SSSR count). The Bertz CT molecular complexity index is 342. The fraction of sp³-hybridized carbons (Fsp3) is 0.571. The van der Waals surface area contributed by atoms with Crippen LogP contribution in [0.25, 0.3) is 0 Å². The Kier molecular flexibility index (Phi) is 4.60. The molecule has 94 valence electrons. The number of hydrogen-bond acceptors (Lipinski definition) is 2. The fourth-order valence-corrected chi connectivity index (χ4v) is 2.68. The molecule has 0 bridgehead atoms. The third kappa shape index (κ3) is 3.30. The van der Waals surface area contributed by atoms with Gasteiger partial charge in [-0.3, -0.25) is 4.90 Å². The molecule has 17 heavy (non-hydrogen) atoms. The van der Waals surface area contributed by atoms with E-state index in [1.54, 1.807) is 0 Å². The highest BCUT2D eigenvalue weighted by atomic mass is 79.9. The molecule has 0 spiro atoms. The Labute approximate surface area is 113 Å². The standard InChI is InChI=1S/C14H21BrN2/c1-3-16-8-10-17(11-9-16)12(2)13-4-6-14(15)7-5-13/h4-7,12H,3,8-11H2,1-2H3/t12-/m0/s1. The molecule has 0 aromatic heterocycles. The average molecular weight is 297 g/mol. The quantitative estimate of drug-likeness (QED) is 0.845. The smallest absolute Gasteiger partial charge is 0.0320 e. The highest BCUT2D eigenvalue weighted by Gasteiger charge is 2.20. The predicted molar refractivity (Wildman–Crippen MR) is 76.2 cm³/mol. The summed E-state index contributed by atoms with van der Waals surface area (Å²) in [4.78, 5) is 5.10. The zero-order chi connectivity index (χ0) is 12.3. The lowest BCUT2D eigenvalue weighted by Crippen LogP contribution is -2.46. The highest BCUT2D eigenvalue weighted by molar-refractivity contribution is 9.10. The van der Waals surface area contributed by atoms with Crippen molar-refractivity contribution in [1.82, 2.24) is 9.80 Å². The van der Waals surface area contributed by atoms with Gasteiger partial charge in [0.25, 0.3) is 0 Å². The molecule has 1 atom stereocenters. The number of halogens is 1. The SMILES string of the molecule is CCN1CCN([C@@H](C)c2ccc(Br)cc2)CC1. The van der Waals surface area contributed by atoms with E-state index in [9.17, 15) is 0 Å².